The second-order valence-corrected chi connectivity index (χ2v) is 6.23. The maximum Gasteiger partial charge on any atom is 0.189 e. The van der Waals surface area contributed by atoms with Gasteiger partial charge in [0.2, 0.25) is 0 Å². The van der Waals surface area contributed by atoms with Crippen LogP contribution in [0.25, 0.3) is 0 Å². The van der Waals surface area contributed by atoms with E-state index < -0.39 is 0 Å². The Morgan fingerprint density at radius 1 is 1.32 bits per heavy atom. The van der Waals surface area contributed by atoms with Crippen molar-refractivity contribution in [2.75, 3.05) is 0 Å². The Kier molecular flexibility index (Phi) is 3.78. The monoisotopic (exact) mass is 263 g/mol. The SMILES string of the molecule is CC(C)(C)NC(N)=NC1CC(c2ccccc2F)C1. The first-order valence-electron chi connectivity index (χ1n) is 6.71. The van der Waals surface area contributed by atoms with Gasteiger partial charge in [-0.15, -0.1) is 0 Å². The number of nitrogens with zero attached hydrogens (tertiary/aromatic N) is 1. The summed E-state index contributed by atoms with van der Waals surface area (Å²) in [5.41, 5.74) is 6.57. The number of nitrogens with one attached hydrogen (secondary N) is 1. The normalized spacial score (nSPS) is 23.9. The van der Waals surface area contributed by atoms with Crippen molar-refractivity contribution in [3.05, 3.63) is 35.6 Å². The second kappa shape index (κ2) is 5.19. The van der Waals surface area contributed by atoms with Crippen LogP contribution >= 0.6 is 0 Å². The predicted molar refractivity (Wildman–Crippen MR) is 76.7 cm³/mol. The molecule has 0 unspecified atom stereocenters. The summed E-state index contributed by atoms with van der Waals surface area (Å²) in [6.45, 7) is 6.12. The third kappa shape index (κ3) is 3.69. The van der Waals surface area contributed by atoms with Crippen molar-refractivity contribution in [3.63, 3.8) is 0 Å². The number of benzene rings is 1. The molecule has 3 N–H and O–H groups in total. The van der Waals surface area contributed by atoms with Gasteiger partial charge in [0.15, 0.2) is 5.96 Å². The first-order valence-corrected chi connectivity index (χ1v) is 6.71. The van der Waals surface area contributed by atoms with Crippen molar-refractivity contribution in [2.24, 2.45) is 10.7 Å². The molecular formula is C15H22FN3. The highest BCUT2D eigenvalue weighted by molar-refractivity contribution is 5.78. The summed E-state index contributed by atoms with van der Waals surface area (Å²) >= 11 is 0. The molecule has 104 valence electrons. The fourth-order valence-electron chi connectivity index (χ4n) is 2.37. The highest BCUT2D eigenvalue weighted by Crippen LogP contribution is 2.39. The van der Waals surface area contributed by atoms with E-state index in [0.29, 0.717) is 5.96 Å². The fraction of sp³-hybridized carbons (Fsp3) is 0.533. The Labute approximate surface area is 114 Å². The van der Waals surface area contributed by atoms with Crippen molar-refractivity contribution in [1.29, 1.82) is 0 Å². The van der Waals surface area contributed by atoms with Gasteiger partial charge in [-0.2, -0.15) is 0 Å². The Morgan fingerprint density at radius 3 is 2.53 bits per heavy atom. The van der Waals surface area contributed by atoms with Crippen molar-refractivity contribution in [2.45, 2.75) is 51.1 Å². The molecule has 0 atom stereocenters. The van der Waals surface area contributed by atoms with Gasteiger partial charge in [0, 0.05) is 5.54 Å². The molecule has 0 bridgehead atoms. The molecule has 1 saturated carbocycles. The summed E-state index contributed by atoms with van der Waals surface area (Å²) in [5.74, 6) is 0.637. The number of aliphatic imine (C=N–C) groups is 1. The van der Waals surface area contributed by atoms with Gasteiger partial charge in [-0.3, -0.25) is 4.99 Å². The summed E-state index contributed by atoms with van der Waals surface area (Å²) < 4.78 is 13.6. The molecule has 0 spiro atoms. The second-order valence-electron chi connectivity index (χ2n) is 6.23. The molecule has 0 heterocycles. The number of nitrogens with two attached hydrogens (primary N) is 1. The van der Waals surface area contributed by atoms with Crippen LogP contribution in [0, 0.1) is 5.82 Å². The Balaban J connectivity index is 1.90. The lowest BCUT2D eigenvalue weighted by Gasteiger charge is -2.34. The minimum absolute atomic E-state index is 0.0811. The van der Waals surface area contributed by atoms with Crippen molar-refractivity contribution in [1.82, 2.24) is 5.32 Å². The van der Waals surface area contributed by atoms with E-state index >= 15 is 0 Å². The van der Waals surface area contributed by atoms with Crippen LogP contribution in [0.1, 0.15) is 45.1 Å². The number of halogens is 1. The molecule has 4 heteroatoms. The Morgan fingerprint density at radius 2 is 1.95 bits per heavy atom. The van der Waals surface area contributed by atoms with E-state index in [1.807, 2.05) is 32.9 Å². The van der Waals surface area contributed by atoms with E-state index in [1.54, 1.807) is 6.07 Å². The van der Waals surface area contributed by atoms with Crippen LogP contribution in [0.2, 0.25) is 0 Å². The van der Waals surface area contributed by atoms with Crippen LogP contribution < -0.4 is 11.1 Å². The molecule has 1 aromatic rings. The smallest absolute Gasteiger partial charge is 0.189 e. The largest absolute Gasteiger partial charge is 0.370 e. The summed E-state index contributed by atoms with van der Waals surface area (Å²) in [5, 5.41) is 3.14. The van der Waals surface area contributed by atoms with E-state index in [9.17, 15) is 4.39 Å². The molecule has 3 nitrogen and oxygen atoms in total. The quantitative estimate of drug-likeness (QED) is 0.637. The molecule has 1 aliphatic rings. The molecule has 0 radical (unpaired) electrons. The molecule has 2 rings (SSSR count). The minimum atomic E-state index is -0.115. The van der Waals surface area contributed by atoms with Crippen molar-refractivity contribution < 1.29 is 4.39 Å². The highest BCUT2D eigenvalue weighted by Gasteiger charge is 2.32. The fourth-order valence-corrected chi connectivity index (χ4v) is 2.37. The lowest BCUT2D eigenvalue weighted by atomic mass is 9.76. The van der Waals surface area contributed by atoms with Gasteiger partial charge in [0.05, 0.1) is 6.04 Å². The molecule has 0 saturated heterocycles. The molecule has 0 aromatic heterocycles. The van der Waals surface area contributed by atoms with Crippen LogP contribution in [0.5, 0.6) is 0 Å². The van der Waals surface area contributed by atoms with Crippen LogP contribution in [-0.2, 0) is 0 Å². The van der Waals surface area contributed by atoms with Crippen molar-refractivity contribution >= 4 is 5.96 Å². The number of rotatable bonds is 2. The number of guanidine groups is 1. The minimum Gasteiger partial charge on any atom is -0.370 e. The molecule has 0 aliphatic heterocycles. The summed E-state index contributed by atoms with van der Waals surface area (Å²) in [4.78, 5) is 4.43. The lowest BCUT2D eigenvalue weighted by Crippen LogP contribution is -2.46. The third-order valence-electron chi connectivity index (χ3n) is 3.28. The summed E-state index contributed by atoms with van der Waals surface area (Å²) in [7, 11) is 0. The maximum absolute atomic E-state index is 13.6. The average Bonchev–Trinajstić information content (AvgIpc) is 2.22. The van der Waals surface area contributed by atoms with Gasteiger partial charge in [-0.1, -0.05) is 18.2 Å². The third-order valence-corrected chi connectivity index (χ3v) is 3.28. The first kappa shape index (κ1) is 13.8. The van der Waals surface area contributed by atoms with E-state index in [0.717, 1.165) is 18.4 Å². The van der Waals surface area contributed by atoms with Crippen LogP contribution in [0.3, 0.4) is 0 Å². The zero-order valence-electron chi connectivity index (χ0n) is 11.8. The maximum atomic E-state index is 13.6. The molecule has 1 aromatic carbocycles. The molecule has 19 heavy (non-hydrogen) atoms. The van der Waals surface area contributed by atoms with Gasteiger partial charge >= 0.3 is 0 Å². The van der Waals surface area contributed by atoms with Gasteiger partial charge < -0.3 is 11.1 Å². The molecule has 1 fully saturated rings. The van der Waals surface area contributed by atoms with Crippen LogP contribution in [0.4, 0.5) is 4.39 Å². The van der Waals surface area contributed by atoms with E-state index in [-0.39, 0.29) is 23.3 Å². The number of hydrogen-bond donors (Lipinski definition) is 2. The summed E-state index contributed by atoms with van der Waals surface area (Å²) in [6, 6.07) is 7.18. The standard InChI is InChI=1S/C15H22FN3/c1-15(2,3)19-14(17)18-11-8-10(9-11)12-6-4-5-7-13(12)16/h4-7,10-11H,8-9H2,1-3H3,(H3,17,18,19). The molecule has 1 aliphatic carbocycles. The van der Waals surface area contributed by atoms with E-state index in [2.05, 4.69) is 10.3 Å². The first-order chi connectivity index (χ1) is 8.85. The van der Waals surface area contributed by atoms with Crippen LogP contribution in [-0.4, -0.2) is 17.5 Å². The zero-order chi connectivity index (χ0) is 14.0. The Hall–Kier alpha value is -1.58. The predicted octanol–water partition coefficient (Wildman–Crippen LogP) is 2.77. The number of hydrogen-bond acceptors (Lipinski definition) is 1. The average molecular weight is 263 g/mol. The Bertz CT molecular complexity index is 471. The van der Waals surface area contributed by atoms with Gasteiger partial charge in [-0.25, -0.2) is 4.39 Å². The van der Waals surface area contributed by atoms with Gasteiger partial charge in [-0.05, 0) is 51.2 Å². The van der Waals surface area contributed by atoms with Gasteiger partial charge in [0.1, 0.15) is 5.82 Å². The summed E-state index contributed by atoms with van der Waals surface area (Å²) in [6.07, 6.45) is 1.74. The van der Waals surface area contributed by atoms with Crippen molar-refractivity contribution in [3.8, 4) is 0 Å². The lowest BCUT2D eigenvalue weighted by molar-refractivity contribution is 0.342. The van der Waals surface area contributed by atoms with E-state index in [1.165, 1.54) is 6.07 Å². The van der Waals surface area contributed by atoms with Crippen LogP contribution in [0.15, 0.2) is 29.3 Å². The van der Waals surface area contributed by atoms with Gasteiger partial charge in [0.25, 0.3) is 0 Å². The molecule has 0 amide bonds. The molecular weight excluding hydrogens is 241 g/mol. The highest BCUT2D eigenvalue weighted by atomic mass is 19.1. The topological polar surface area (TPSA) is 50.4 Å². The van der Waals surface area contributed by atoms with E-state index in [4.69, 9.17) is 5.73 Å². The zero-order valence-corrected chi connectivity index (χ0v) is 11.8.